The van der Waals surface area contributed by atoms with Crippen LogP contribution in [-0.2, 0) is 6.54 Å². The number of hydrogen-bond acceptors (Lipinski definition) is 3. The van der Waals surface area contributed by atoms with Crippen molar-refractivity contribution in [2.24, 2.45) is 5.92 Å². The average Bonchev–Trinajstić information content (AvgIpc) is 2.82. The van der Waals surface area contributed by atoms with Gasteiger partial charge in [0.25, 0.3) is 5.91 Å². The summed E-state index contributed by atoms with van der Waals surface area (Å²) in [4.78, 5) is 14.4. The second-order valence-corrected chi connectivity index (χ2v) is 5.26. The number of rotatable bonds is 1. The summed E-state index contributed by atoms with van der Waals surface area (Å²) in [5, 5.41) is 4.23. The van der Waals surface area contributed by atoms with Gasteiger partial charge >= 0.3 is 0 Å². The van der Waals surface area contributed by atoms with Crippen molar-refractivity contribution in [3.63, 3.8) is 0 Å². The minimum atomic E-state index is 0.0741. The Kier molecular flexibility index (Phi) is 2.97. The zero-order valence-corrected chi connectivity index (χ0v) is 10.8. The van der Waals surface area contributed by atoms with Crippen LogP contribution in [-0.4, -0.2) is 40.3 Å². The molecule has 3 rings (SSSR count). The first kappa shape index (κ1) is 11.6. The zero-order chi connectivity index (χ0) is 12.5. The molecule has 2 aliphatic rings. The third-order valence-electron chi connectivity index (χ3n) is 3.85. The van der Waals surface area contributed by atoms with Crippen molar-refractivity contribution in [1.82, 2.24) is 14.7 Å². The summed E-state index contributed by atoms with van der Waals surface area (Å²) in [6.45, 7) is 5.48. The lowest BCUT2D eigenvalue weighted by atomic mass is 9.99. The van der Waals surface area contributed by atoms with Crippen molar-refractivity contribution < 1.29 is 9.53 Å². The summed E-state index contributed by atoms with van der Waals surface area (Å²) in [7, 11) is 0. The molecule has 5 heteroatoms. The molecule has 0 unspecified atom stereocenters. The van der Waals surface area contributed by atoms with Gasteiger partial charge in [0.05, 0.1) is 12.8 Å². The molecule has 2 aliphatic heterocycles. The SMILES string of the molecule is CC1CCN(C(=O)c2cnn3c2OCCC3)CC1. The summed E-state index contributed by atoms with van der Waals surface area (Å²) in [5.41, 5.74) is 0.629. The summed E-state index contributed by atoms with van der Waals surface area (Å²) in [6.07, 6.45) is 4.80. The highest BCUT2D eigenvalue weighted by Gasteiger charge is 2.27. The van der Waals surface area contributed by atoms with Gasteiger partial charge in [-0.2, -0.15) is 5.10 Å². The molecule has 1 aromatic heterocycles. The van der Waals surface area contributed by atoms with Gasteiger partial charge < -0.3 is 9.64 Å². The minimum Gasteiger partial charge on any atom is -0.477 e. The number of carbonyl (C=O) groups is 1. The lowest BCUT2D eigenvalue weighted by Gasteiger charge is -2.30. The standard InChI is InChI=1S/C13H19N3O2/c1-10-3-6-15(7-4-10)12(17)11-9-14-16-5-2-8-18-13(11)16/h9-10H,2-8H2,1H3. The lowest BCUT2D eigenvalue weighted by Crippen LogP contribution is -2.38. The quantitative estimate of drug-likeness (QED) is 0.758. The molecule has 18 heavy (non-hydrogen) atoms. The van der Waals surface area contributed by atoms with E-state index in [1.165, 1.54) is 0 Å². The van der Waals surface area contributed by atoms with Crippen molar-refractivity contribution >= 4 is 5.91 Å². The van der Waals surface area contributed by atoms with E-state index in [1.54, 1.807) is 10.9 Å². The molecule has 1 saturated heterocycles. The molecule has 0 atom stereocenters. The van der Waals surface area contributed by atoms with Crippen molar-refractivity contribution in [2.75, 3.05) is 19.7 Å². The van der Waals surface area contributed by atoms with Crippen molar-refractivity contribution in [1.29, 1.82) is 0 Å². The molecule has 0 aliphatic carbocycles. The Morgan fingerprint density at radius 3 is 2.94 bits per heavy atom. The maximum Gasteiger partial charge on any atom is 0.260 e. The van der Waals surface area contributed by atoms with Gasteiger partial charge in [0, 0.05) is 26.1 Å². The number of aryl methyl sites for hydroxylation is 1. The molecule has 0 N–H and O–H groups in total. The fourth-order valence-electron chi connectivity index (χ4n) is 2.60. The Bertz CT molecular complexity index is 447. The lowest BCUT2D eigenvalue weighted by molar-refractivity contribution is 0.0690. The monoisotopic (exact) mass is 249 g/mol. The molecule has 0 spiro atoms. The molecule has 98 valence electrons. The number of piperidine rings is 1. The Hall–Kier alpha value is -1.52. The van der Waals surface area contributed by atoms with E-state index in [2.05, 4.69) is 12.0 Å². The third kappa shape index (κ3) is 1.98. The maximum atomic E-state index is 12.4. The Labute approximate surface area is 107 Å². The van der Waals surface area contributed by atoms with Gasteiger partial charge in [-0.05, 0) is 18.8 Å². The Morgan fingerprint density at radius 2 is 2.17 bits per heavy atom. The molecule has 3 heterocycles. The first-order chi connectivity index (χ1) is 8.75. The van der Waals surface area contributed by atoms with Gasteiger partial charge in [-0.1, -0.05) is 6.92 Å². The van der Waals surface area contributed by atoms with Crippen LogP contribution in [0, 0.1) is 5.92 Å². The van der Waals surface area contributed by atoms with E-state index in [0.29, 0.717) is 18.1 Å². The predicted molar refractivity (Wildman–Crippen MR) is 66.6 cm³/mol. The van der Waals surface area contributed by atoms with E-state index in [-0.39, 0.29) is 5.91 Å². The van der Waals surface area contributed by atoms with E-state index in [1.807, 2.05) is 4.90 Å². The fourth-order valence-corrected chi connectivity index (χ4v) is 2.60. The number of nitrogens with zero attached hydrogens (tertiary/aromatic N) is 3. The van der Waals surface area contributed by atoms with Crippen molar-refractivity contribution in [2.45, 2.75) is 32.7 Å². The number of amides is 1. The van der Waals surface area contributed by atoms with E-state index in [4.69, 9.17) is 4.74 Å². The van der Waals surface area contributed by atoms with Crippen molar-refractivity contribution in [3.05, 3.63) is 11.8 Å². The van der Waals surface area contributed by atoms with E-state index in [0.717, 1.165) is 44.8 Å². The molecule has 5 nitrogen and oxygen atoms in total. The van der Waals surface area contributed by atoms with Gasteiger partial charge in [-0.25, -0.2) is 4.68 Å². The largest absolute Gasteiger partial charge is 0.477 e. The normalized spacial score (nSPS) is 20.4. The van der Waals surface area contributed by atoms with Crippen LogP contribution in [0.1, 0.15) is 36.5 Å². The molecule has 0 radical (unpaired) electrons. The molecule has 0 saturated carbocycles. The Balaban J connectivity index is 1.78. The molecule has 0 bridgehead atoms. The van der Waals surface area contributed by atoms with Crippen LogP contribution in [0.5, 0.6) is 5.88 Å². The number of hydrogen-bond donors (Lipinski definition) is 0. The smallest absolute Gasteiger partial charge is 0.260 e. The maximum absolute atomic E-state index is 12.4. The van der Waals surface area contributed by atoms with Gasteiger partial charge in [0.15, 0.2) is 0 Å². The van der Waals surface area contributed by atoms with Crippen LogP contribution in [0.2, 0.25) is 0 Å². The third-order valence-corrected chi connectivity index (χ3v) is 3.85. The molecule has 0 aromatic carbocycles. The van der Waals surface area contributed by atoms with Gasteiger partial charge in [0.2, 0.25) is 5.88 Å². The van der Waals surface area contributed by atoms with Gasteiger partial charge in [-0.3, -0.25) is 4.79 Å². The first-order valence-electron chi connectivity index (χ1n) is 6.73. The average molecular weight is 249 g/mol. The summed E-state index contributed by atoms with van der Waals surface area (Å²) in [5.74, 6) is 1.46. The first-order valence-corrected chi connectivity index (χ1v) is 6.73. The van der Waals surface area contributed by atoms with Crippen LogP contribution in [0.25, 0.3) is 0 Å². The second-order valence-electron chi connectivity index (χ2n) is 5.26. The van der Waals surface area contributed by atoms with Crippen LogP contribution in [0.4, 0.5) is 0 Å². The fraction of sp³-hybridized carbons (Fsp3) is 0.692. The van der Waals surface area contributed by atoms with Gasteiger partial charge in [0.1, 0.15) is 5.56 Å². The van der Waals surface area contributed by atoms with Crippen LogP contribution >= 0.6 is 0 Å². The highest BCUT2D eigenvalue weighted by Crippen LogP contribution is 2.25. The topological polar surface area (TPSA) is 47.4 Å². The van der Waals surface area contributed by atoms with E-state index >= 15 is 0 Å². The van der Waals surface area contributed by atoms with Crippen LogP contribution < -0.4 is 4.74 Å². The predicted octanol–water partition coefficient (Wildman–Crippen LogP) is 1.54. The van der Waals surface area contributed by atoms with E-state index < -0.39 is 0 Å². The van der Waals surface area contributed by atoms with Gasteiger partial charge in [-0.15, -0.1) is 0 Å². The number of aromatic nitrogens is 2. The second kappa shape index (κ2) is 4.63. The van der Waals surface area contributed by atoms with E-state index in [9.17, 15) is 4.79 Å². The van der Waals surface area contributed by atoms with Crippen LogP contribution in [0.3, 0.4) is 0 Å². The summed E-state index contributed by atoms with van der Waals surface area (Å²) < 4.78 is 7.38. The number of fused-ring (bicyclic) bond motifs is 1. The minimum absolute atomic E-state index is 0.0741. The number of likely N-dealkylation sites (tertiary alicyclic amines) is 1. The number of ether oxygens (including phenoxy) is 1. The molecule has 1 aromatic rings. The van der Waals surface area contributed by atoms with Crippen LogP contribution in [0.15, 0.2) is 6.20 Å². The Morgan fingerprint density at radius 1 is 1.39 bits per heavy atom. The molecular formula is C13H19N3O2. The molecule has 1 fully saturated rings. The number of carbonyl (C=O) groups excluding carboxylic acids is 1. The summed E-state index contributed by atoms with van der Waals surface area (Å²) >= 11 is 0. The highest BCUT2D eigenvalue weighted by atomic mass is 16.5. The van der Waals surface area contributed by atoms with Crippen molar-refractivity contribution in [3.8, 4) is 5.88 Å². The highest BCUT2D eigenvalue weighted by molar-refractivity contribution is 5.96. The molecular weight excluding hydrogens is 230 g/mol. The summed E-state index contributed by atoms with van der Waals surface area (Å²) in [6, 6.07) is 0. The molecule has 1 amide bonds. The zero-order valence-electron chi connectivity index (χ0n) is 10.8.